The Bertz CT molecular complexity index is 697. The molecule has 130 valence electrons. The molecule has 2 aliphatic rings. The third-order valence-electron chi connectivity index (χ3n) is 4.80. The lowest BCUT2D eigenvalue weighted by Gasteiger charge is -2.50. The molecule has 1 aromatic rings. The molecular formula is C18H21BrO5. The zero-order chi connectivity index (χ0) is 17.5. The number of carbonyl (C=O) groups excluding carboxylic acids is 1. The Kier molecular flexibility index (Phi) is 4.49. The van der Waals surface area contributed by atoms with E-state index in [1.54, 1.807) is 21.0 Å². The smallest absolute Gasteiger partial charge is 0.161 e. The van der Waals surface area contributed by atoms with Crippen molar-refractivity contribution in [2.24, 2.45) is 0 Å². The summed E-state index contributed by atoms with van der Waals surface area (Å²) in [6, 6.07) is 5.59. The van der Waals surface area contributed by atoms with Crippen molar-refractivity contribution in [3.8, 4) is 5.75 Å². The zero-order valence-electron chi connectivity index (χ0n) is 14.0. The Morgan fingerprint density at radius 1 is 1.38 bits per heavy atom. The third kappa shape index (κ3) is 2.87. The number of methoxy groups -OCH3 is 1. The SMILES string of the molecule is COCC1(C)Oc2ccc(Br)cc2C(OC2=CC(=O)CC2)C1(C)O. The minimum absolute atomic E-state index is 0.0471. The van der Waals surface area contributed by atoms with Crippen LogP contribution < -0.4 is 4.74 Å². The van der Waals surface area contributed by atoms with Crippen LogP contribution in [0.3, 0.4) is 0 Å². The number of ketones is 1. The first kappa shape index (κ1) is 17.5. The maximum atomic E-state index is 11.5. The second-order valence-corrected chi connectivity index (χ2v) is 7.59. The summed E-state index contributed by atoms with van der Waals surface area (Å²) in [5, 5.41) is 11.3. The number of halogens is 1. The molecule has 0 spiro atoms. The van der Waals surface area contributed by atoms with Crippen molar-refractivity contribution in [1.29, 1.82) is 0 Å². The molecule has 0 amide bonds. The molecule has 3 rings (SSSR count). The topological polar surface area (TPSA) is 65.0 Å². The highest BCUT2D eigenvalue weighted by Gasteiger charge is 2.57. The molecule has 1 heterocycles. The molecule has 0 saturated carbocycles. The molecule has 0 saturated heterocycles. The van der Waals surface area contributed by atoms with E-state index < -0.39 is 17.3 Å². The largest absolute Gasteiger partial charge is 0.487 e. The second kappa shape index (κ2) is 6.17. The summed E-state index contributed by atoms with van der Waals surface area (Å²) in [6.07, 6.45) is 1.84. The molecule has 6 heteroatoms. The number of benzene rings is 1. The number of rotatable bonds is 4. The Morgan fingerprint density at radius 2 is 2.12 bits per heavy atom. The van der Waals surface area contributed by atoms with Gasteiger partial charge in [-0.3, -0.25) is 4.79 Å². The van der Waals surface area contributed by atoms with Gasteiger partial charge in [-0.15, -0.1) is 0 Å². The highest BCUT2D eigenvalue weighted by atomic mass is 79.9. The Hall–Kier alpha value is -1.37. The van der Waals surface area contributed by atoms with Crippen molar-refractivity contribution in [2.75, 3.05) is 13.7 Å². The molecule has 1 N–H and O–H groups in total. The van der Waals surface area contributed by atoms with Crippen molar-refractivity contribution in [3.05, 3.63) is 40.1 Å². The summed E-state index contributed by atoms with van der Waals surface area (Å²) >= 11 is 3.45. The van der Waals surface area contributed by atoms with Gasteiger partial charge in [0, 0.05) is 36.1 Å². The molecule has 1 aliphatic carbocycles. The molecule has 3 atom stereocenters. The zero-order valence-corrected chi connectivity index (χ0v) is 15.6. The molecule has 24 heavy (non-hydrogen) atoms. The number of aliphatic hydroxyl groups is 1. The van der Waals surface area contributed by atoms with Crippen LogP contribution in [0.5, 0.6) is 5.75 Å². The standard InChI is InChI=1S/C18H21BrO5/c1-17(10-22-3)18(2,21)16(23-13-6-5-12(20)9-13)14-8-11(19)4-7-15(14)24-17/h4,7-9,16,21H,5-6,10H2,1-3H3. The van der Waals surface area contributed by atoms with E-state index in [-0.39, 0.29) is 12.4 Å². The van der Waals surface area contributed by atoms with Gasteiger partial charge in [0.15, 0.2) is 17.5 Å². The van der Waals surface area contributed by atoms with Gasteiger partial charge in [-0.05, 0) is 32.0 Å². The molecule has 0 fully saturated rings. The van der Waals surface area contributed by atoms with E-state index in [0.717, 1.165) is 10.0 Å². The van der Waals surface area contributed by atoms with Gasteiger partial charge in [-0.25, -0.2) is 0 Å². The van der Waals surface area contributed by atoms with Crippen LogP contribution in [0.1, 0.15) is 38.4 Å². The lowest BCUT2D eigenvalue weighted by atomic mass is 9.76. The number of hydrogen-bond donors (Lipinski definition) is 1. The molecule has 5 nitrogen and oxygen atoms in total. The van der Waals surface area contributed by atoms with Crippen LogP contribution in [-0.2, 0) is 14.3 Å². The highest BCUT2D eigenvalue weighted by Crippen LogP contribution is 2.50. The highest BCUT2D eigenvalue weighted by molar-refractivity contribution is 9.10. The average Bonchev–Trinajstić information content (AvgIpc) is 2.91. The predicted molar refractivity (Wildman–Crippen MR) is 91.8 cm³/mol. The predicted octanol–water partition coefficient (Wildman–Crippen LogP) is 3.30. The Morgan fingerprint density at radius 3 is 2.75 bits per heavy atom. The first-order valence-electron chi connectivity index (χ1n) is 7.87. The summed E-state index contributed by atoms with van der Waals surface area (Å²) in [5.74, 6) is 1.28. The fourth-order valence-corrected chi connectivity index (χ4v) is 3.57. The van der Waals surface area contributed by atoms with E-state index in [0.29, 0.717) is 24.4 Å². The molecule has 0 aromatic heterocycles. The van der Waals surface area contributed by atoms with Crippen molar-refractivity contribution in [1.82, 2.24) is 0 Å². The summed E-state index contributed by atoms with van der Waals surface area (Å²) in [5.41, 5.74) is -1.61. The summed E-state index contributed by atoms with van der Waals surface area (Å²) in [6.45, 7) is 3.68. The van der Waals surface area contributed by atoms with Crippen molar-refractivity contribution in [2.45, 2.75) is 44.0 Å². The molecule has 3 unspecified atom stereocenters. The van der Waals surface area contributed by atoms with Crippen LogP contribution in [0.2, 0.25) is 0 Å². The van der Waals surface area contributed by atoms with Crippen molar-refractivity contribution < 1.29 is 24.1 Å². The quantitative estimate of drug-likeness (QED) is 0.845. The van der Waals surface area contributed by atoms with Gasteiger partial charge < -0.3 is 19.3 Å². The van der Waals surface area contributed by atoms with E-state index in [9.17, 15) is 9.90 Å². The van der Waals surface area contributed by atoms with E-state index in [4.69, 9.17) is 14.2 Å². The molecule has 1 aliphatic heterocycles. The summed E-state index contributed by atoms with van der Waals surface area (Å²) in [4.78, 5) is 11.5. The summed E-state index contributed by atoms with van der Waals surface area (Å²) in [7, 11) is 1.57. The van der Waals surface area contributed by atoms with Gasteiger partial charge >= 0.3 is 0 Å². The number of ether oxygens (including phenoxy) is 3. The molecule has 1 aromatic carbocycles. The fourth-order valence-electron chi connectivity index (χ4n) is 3.19. The van der Waals surface area contributed by atoms with Gasteiger partial charge in [-0.2, -0.15) is 0 Å². The Balaban J connectivity index is 2.06. The number of carbonyl (C=O) groups is 1. The fraction of sp³-hybridized carbons (Fsp3) is 0.500. The summed E-state index contributed by atoms with van der Waals surface area (Å²) < 4.78 is 18.3. The molecule has 0 radical (unpaired) electrons. The third-order valence-corrected chi connectivity index (χ3v) is 5.29. The van der Waals surface area contributed by atoms with Crippen LogP contribution in [0.15, 0.2) is 34.5 Å². The number of hydrogen-bond acceptors (Lipinski definition) is 5. The molecular weight excluding hydrogens is 376 g/mol. The maximum Gasteiger partial charge on any atom is 0.161 e. The first-order chi connectivity index (χ1) is 11.3. The Labute approximate surface area is 149 Å². The average molecular weight is 397 g/mol. The van der Waals surface area contributed by atoms with Crippen molar-refractivity contribution in [3.63, 3.8) is 0 Å². The van der Waals surface area contributed by atoms with Gasteiger partial charge in [-0.1, -0.05) is 15.9 Å². The van der Waals surface area contributed by atoms with Crippen LogP contribution in [0, 0.1) is 0 Å². The first-order valence-corrected chi connectivity index (χ1v) is 8.66. The van der Waals surface area contributed by atoms with Crippen LogP contribution in [0.4, 0.5) is 0 Å². The van der Waals surface area contributed by atoms with E-state index in [1.807, 2.05) is 18.2 Å². The van der Waals surface area contributed by atoms with Crippen molar-refractivity contribution >= 4 is 21.7 Å². The lowest BCUT2D eigenvalue weighted by molar-refractivity contribution is -0.210. The minimum atomic E-state index is -1.36. The maximum absolute atomic E-state index is 11.5. The van der Waals surface area contributed by atoms with Gasteiger partial charge in [0.1, 0.15) is 17.1 Å². The number of allylic oxidation sites excluding steroid dienone is 2. The number of fused-ring (bicyclic) bond motifs is 1. The van der Waals surface area contributed by atoms with Crippen LogP contribution in [0.25, 0.3) is 0 Å². The van der Waals surface area contributed by atoms with E-state index in [1.165, 1.54) is 6.08 Å². The van der Waals surface area contributed by atoms with E-state index >= 15 is 0 Å². The second-order valence-electron chi connectivity index (χ2n) is 6.67. The van der Waals surface area contributed by atoms with Gasteiger partial charge in [0.05, 0.1) is 6.61 Å². The minimum Gasteiger partial charge on any atom is -0.487 e. The normalized spacial score (nSPS) is 32.1. The van der Waals surface area contributed by atoms with Gasteiger partial charge in [0.2, 0.25) is 0 Å². The van der Waals surface area contributed by atoms with Gasteiger partial charge in [0.25, 0.3) is 0 Å². The monoisotopic (exact) mass is 396 g/mol. The lowest BCUT2D eigenvalue weighted by Crippen LogP contribution is -2.62. The van der Waals surface area contributed by atoms with E-state index in [2.05, 4.69) is 15.9 Å². The molecule has 0 bridgehead atoms. The van der Waals surface area contributed by atoms with Crippen LogP contribution >= 0.6 is 15.9 Å². The van der Waals surface area contributed by atoms with Crippen LogP contribution in [-0.4, -0.2) is 35.8 Å².